The first-order chi connectivity index (χ1) is 9.11. The normalized spacial score (nSPS) is 10.2. The van der Waals surface area contributed by atoms with Crippen molar-refractivity contribution in [2.45, 2.75) is 31.4 Å². The number of unbranched alkanes of at least 4 members (excludes halogenated alkanes) is 1. The van der Waals surface area contributed by atoms with E-state index in [1.54, 1.807) is 11.8 Å². The van der Waals surface area contributed by atoms with Crippen LogP contribution in [0.15, 0.2) is 24.3 Å². The second kappa shape index (κ2) is 8.58. The first-order valence-electron chi connectivity index (χ1n) is 6.21. The van der Waals surface area contributed by atoms with E-state index in [-0.39, 0.29) is 12.3 Å². The molecule has 0 bridgehead atoms. The number of rotatable bonds is 8. The molecule has 19 heavy (non-hydrogen) atoms. The fraction of sp³-hybridized carbons (Fsp3) is 0.429. The Balaban J connectivity index is 2.29. The summed E-state index contributed by atoms with van der Waals surface area (Å²) in [5.74, 6) is 0.0801. The van der Waals surface area contributed by atoms with Crippen molar-refractivity contribution in [3.05, 3.63) is 29.8 Å². The maximum Gasteiger partial charge on any atom is 0.303 e. The third kappa shape index (κ3) is 6.86. The average molecular weight is 281 g/mol. The zero-order chi connectivity index (χ0) is 14.1. The third-order valence-corrected chi connectivity index (χ3v) is 3.22. The number of anilines is 1. The molecule has 0 aliphatic carbocycles. The van der Waals surface area contributed by atoms with Crippen LogP contribution in [0, 0.1) is 0 Å². The molecular weight excluding hydrogens is 262 g/mol. The molecule has 0 aliphatic rings. The molecule has 0 aliphatic heterocycles. The largest absolute Gasteiger partial charge is 0.481 e. The fourth-order valence-electron chi connectivity index (χ4n) is 1.64. The van der Waals surface area contributed by atoms with Crippen LogP contribution in [0.4, 0.5) is 5.69 Å². The number of nitrogens with one attached hydrogen (secondary N) is 1. The lowest BCUT2D eigenvalue weighted by Crippen LogP contribution is -2.11. The lowest BCUT2D eigenvalue weighted by Gasteiger charge is -2.06. The summed E-state index contributed by atoms with van der Waals surface area (Å²) in [5, 5.41) is 11.3. The van der Waals surface area contributed by atoms with E-state index >= 15 is 0 Å². The van der Waals surface area contributed by atoms with Gasteiger partial charge in [-0.3, -0.25) is 9.59 Å². The molecule has 0 unspecified atom stereocenters. The molecular formula is C14H19NO3S. The van der Waals surface area contributed by atoms with Crippen LogP contribution in [-0.4, -0.2) is 23.2 Å². The van der Waals surface area contributed by atoms with Gasteiger partial charge in [-0.1, -0.05) is 12.1 Å². The van der Waals surface area contributed by atoms with Crippen molar-refractivity contribution in [3.63, 3.8) is 0 Å². The van der Waals surface area contributed by atoms with E-state index in [1.807, 2.05) is 30.5 Å². The summed E-state index contributed by atoms with van der Waals surface area (Å²) in [6, 6.07) is 7.77. The van der Waals surface area contributed by atoms with Crippen LogP contribution in [0.2, 0.25) is 0 Å². The van der Waals surface area contributed by atoms with E-state index in [0.717, 1.165) is 11.4 Å². The molecule has 1 aromatic rings. The Hall–Kier alpha value is -1.49. The monoisotopic (exact) mass is 281 g/mol. The number of carbonyl (C=O) groups is 2. The van der Waals surface area contributed by atoms with Gasteiger partial charge < -0.3 is 10.4 Å². The topological polar surface area (TPSA) is 66.4 Å². The van der Waals surface area contributed by atoms with E-state index in [1.165, 1.54) is 5.56 Å². The average Bonchev–Trinajstić information content (AvgIpc) is 2.37. The Bertz CT molecular complexity index is 417. The Kier molecular flexibility index (Phi) is 7.03. The molecule has 0 saturated carbocycles. The molecule has 0 aromatic heterocycles. The maximum absolute atomic E-state index is 11.6. The highest BCUT2D eigenvalue weighted by atomic mass is 32.2. The highest BCUT2D eigenvalue weighted by Crippen LogP contribution is 2.14. The molecule has 0 atom stereocenters. The number of benzene rings is 1. The Labute approximate surface area is 117 Å². The number of amides is 1. The minimum absolute atomic E-state index is 0.0667. The molecule has 4 nitrogen and oxygen atoms in total. The number of carboxylic acids is 1. The molecule has 0 saturated heterocycles. The van der Waals surface area contributed by atoms with E-state index in [2.05, 4.69) is 5.32 Å². The van der Waals surface area contributed by atoms with Gasteiger partial charge in [0.15, 0.2) is 0 Å². The van der Waals surface area contributed by atoms with E-state index < -0.39 is 5.97 Å². The van der Waals surface area contributed by atoms with Crippen molar-refractivity contribution in [3.8, 4) is 0 Å². The van der Waals surface area contributed by atoms with Crippen molar-refractivity contribution in [2.24, 2.45) is 0 Å². The fourth-order valence-corrected chi connectivity index (χ4v) is 2.16. The summed E-state index contributed by atoms with van der Waals surface area (Å²) in [6.45, 7) is 0. The van der Waals surface area contributed by atoms with Gasteiger partial charge in [-0.2, -0.15) is 11.8 Å². The quantitative estimate of drug-likeness (QED) is 0.718. The van der Waals surface area contributed by atoms with Gasteiger partial charge in [-0.25, -0.2) is 0 Å². The van der Waals surface area contributed by atoms with Gasteiger partial charge >= 0.3 is 5.97 Å². The molecule has 1 aromatic carbocycles. The SMILES string of the molecule is CSCc1ccc(NC(=O)CCCCC(=O)O)cc1. The van der Waals surface area contributed by atoms with Gasteiger partial charge in [-0.15, -0.1) is 0 Å². The van der Waals surface area contributed by atoms with E-state index in [0.29, 0.717) is 19.3 Å². The van der Waals surface area contributed by atoms with Crippen LogP contribution < -0.4 is 5.32 Å². The maximum atomic E-state index is 11.6. The number of hydrogen-bond acceptors (Lipinski definition) is 3. The van der Waals surface area contributed by atoms with Crippen LogP contribution >= 0.6 is 11.8 Å². The Morgan fingerprint density at radius 2 is 1.79 bits per heavy atom. The Morgan fingerprint density at radius 3 is 2.37 bits per heavy atom. The van der Waals surface area contributed by atoms with Crippen LogP contribution in [0.25, 0.3) is 0 Å². The van der Waals surface area contributed by atoms with Crippen LogP contribution in [0.3, 0.4) is 0 Å². The zero-order valence-electron chi connectivity index (χ0n) is 11.0. The molecule has 0 spiro atoms. The molecule has 2 N–H and O–H groups in total. The molecule has 5 heteroatoms. The number of carbonyl (C=O) groups excluding carboxylic acids is 1. The second-order valence-corrected chi connectivity index (χ2v) is 5.14. The summed E-state index contributed by atoms with van der Waals surface area (Å²) in [7, 11) is 0. The van der Waals surface area contributed by atoms with Gasteiger partial charge in [-0.05, 0) is 36.8 Å². The standard InChI is InChI=1S/C14H19NO3S/c1-19-10-11-6-8-12(9-7-11)15-13(16)4-2-3-5-14(17)18/h6-9H,2-5,10H2,1H3,(H,15,16)(H,17,18). The second-order valence-electron chi connectivity index (χ2n) is 4.28. The van der Waals surface area contributed by atoms with Crippen LogP contribution in [-0.2, 0) is 15.3 Å². The van der Waals surface area contributed by atoms with Gasteiger partial charge in [0.25, 0.3) is 0 Å². The van der Waals surface area contributed by atoms with Crippen LogP contribution in [0.5, 0.6) is 0 Å². The van der Waals surface area contributed by atoms with Crippen molar-refractivity contribution in [2.75, 3.05) is 11.6 Å². The van der Waals surface area contributed by atoms with Gasteiger partial charge in [0, 0.05) is 24.3 Å². The molecule has 1 amide bonds. The predicted molar refractivity (Wildman–Crippen MR) is 78.4 cm³/mol. The highest BCUT2D eigenvalue weighted by Gasteiger charge is 2.03. The predicted octanol–water partition coefficient (Wildman–Crippen LogP) is 3.13. The van der Waals surface area contributed by atoms with Crippen molar-refractivity contribution >= 4 is 29.3 Å². The van der Waals surface area contributed by atoms with E-state index in [4.69, 9.17) is 5.11 Å². The molecule has 0 heterocycles. The van der Waals surface area contributed by atoms with Gasteiger partial charge in [0.1, 0.15) is 0 Å². The molecule has 0 fully saturated rings. The number of aliphatic carboxylic acids is 1. The summed E-state index contributed by atoms with van der Waals surface area (Å²) in [5.41, 5.74) is 2.01. The number of carboxylic acid groups (broad SMARTS) is 1. The van der Waals surface area contributed by atoms with Crippen LogP contribution in [0.1, 0.15) is 31.2 Å². The number of hydrogen-bond donors (Lipinski definition) is 2. The minimum atomic E-state index is -0.815. The first kappa shape index (κ1) is 15.6. The molecule has 1 rings (SSSR count). The summed E-state index contributed by atoms with van der Waals surface area (Å²) >= 11 is 1.76. The molecule has 104 valence electrons. The lowest BCUT2D eigenvalue weighted by molar-refractivity contribution is -0.137. The van der Waals surface area contributed by atoms with Gasteiger partial charge in [0.05, 0.1) is 0 Å². The van der Waals surface area contributed by atoms with Crippen molar-refractivity contribution < 1.29 is 14.7 Å². The smallest absolute Gasteiger partial charge is 0.303 e. The summed E-state index contributed by atoms with van der Waals surface area (Å²) < 4.78 is 0. The lowest BCUT2D eigenvalue weighted by atomic mass is 10.2. The molecule has 0 radical (unpaired) electrons. The van der Waals surface area contributed by atoms with Crippen molar-refractivity contribution in [1.82, 2.24) is 0 Å². The summed E-state index contributed by atoms with van der Waals surface area (Å²) in [6.07, 6.45) is 3.67. The summed E-state index contributed by atoms with van der Waals surface area (Å²) in [4.78, 5) is 21.9. The van der Waals surface area contributed by atoms with Crippen molar-refractivity contribution in [1.29, 1.82) is 0 Å². The Morgan fingerprint density at radius 1 is 1.16 bits per heavy atom. The zero-order valence-corrected chi connectivity index (χ0v) is 11.8. The number of thioether (sulfide) groups is 1. The minimum Gasteiger partial charge on any atom is -0.481 e. The third-order valence-electron chi connectivity index (χ3n) is 2.59. The van der Waals surface area contributed by atoms with Gasteiger partial charge in [0.2, 0.25) is 5.91 Å². The highest BCUT2D eigenvalue weighted by molar-refractivity contribution is 7.97. The first-order valence-corrected chi connectivity index (χ1v) is 7.60. The van der Waals surface area contributed by atoms with E-state index in [9.17, 15) is 9.59 Å².